The maximum Gasteiger partial charge on any atom is 0.0655 e. The van der Waals surface area contributed by atoms with Crippen molar-refractivity contribution in [2.75, 3.05) is 0 Å². The normalized spacial score (nSPS) is 16.9. The summed E-state index contributed by atoms with van der Waals surface area (Å²) in [5, 5.41) is 0. The van der Waals surface area contributed by atoms with Gasteiger partial charge in [-0.05, 0) is 31.4 Å². The van der Waals surface area contributed by atoms with Gasteiger partial charge in [0, 0.05) is 11.3 Å². The third-order valence-electron chi connectivity index (χ3n) is 3.23. The molecule has 1 aromatic rings. The van der Waals surface area contributed by atoms with E-state index in [1.807, 2.05) is 6.07 Å². The van der Waals surface area contributed by atoms with E-state index in [1.54, 1.807) is 0 Å². The summed E-state index contributed by atoms with van der Waals surface area (Å²) < 4.78 is 0. The Morgan fingerprint density at radius 2 is 1.95 bits per heavy atom. The summed E-state index contributed by atoms with van der Waals surface area (Å²) in [7, 11) is 0. The van der Waals surface area contributed by atoms with Crippen LogP contribution in [-0.4, -0.2) is 11.8 Å². The number of benzene rings is 1. The lowest BCUT2D eigenvalue weighted by Crippen LogP contribution is -2.08. The van der Waals surface area contributed by atoms with Gasteiger partial charge in [0.1, 0.15) is 0 Å². The topological polar surface area (TPSA) is 12.4 Å². The molecule has 1 nitrogen and oxygen atoms in total. The van der Waals surface area contributed by atoms with Crippen LogP contribution >= 0.6 is 0 Å². The van der Waals surface area contributed by atoms with Gasteiger partial charge in [-0.25, -0.2) is 0 Å². The Hall–Kier alpha value is -1.89. The van der Waals surface area contributed by atoms with E-state index >= 15 is 0 Å². The minimum Gasteiger partial charge on any atom is -0.282 e. The molecule has 0 aliphatic heterocycles. The average molecular weight is 251 g/mol. The molecule has 0 spiro atoms. The van der Waals surface area contributed by atoms with Gasteiger partial charge >= 0.3 is 0 Å². The Morgan fingerprint density at radius 3 is 2.53 bits per heavy atom. The summed E-state index contributed by atoms with van der Waals surface area (Å²) in [5.41, 5.74) is 4.96. The molecular weight excluding hydrogens is 230 g/mol. The van der Waals surface area contributed by atoms with E-state index in [0.717, 1.165) is 12.1 Å². The quantitative estimate of drug-likeness (QED) is 0.525. The third kappa shape index (κ3) is 3.31. The van der Waals surface area contributed by atoms with Gasteiger partial charge in [-0.1, -0.05) is 61.6 Å². The van der Waals surface area contributed by atoms with Gasteiger partial charge < -0.3 is 0 Å². The van der Waals surface area contributed by atoms with Crippen molar-refractivity contribution in [1.82, 2.24) is 0 Å². The molecule has 0 aromatic heterocycles. The molecule has 1 unspecified atom stereocenters. The summed E-state index contributed by atoms with van der Waals surface area (Å²) in [6.07, 6.45) is 9.71. The second-order valence-corrected chi connectivity index (χ2v) is 4.82. The van der Waals surface area contributed by atoms with Gasteiger partial charge in [0.25, 0.3) is 0 Å². The fraction of sp³-hybridized carbons (Fsp3) is 0.278. The molecule has 0 saturated heterocycles. The molecule has 1 aliphatic rings. The maximum absolute atomic E-state index is 4.73. The first kappa shape index (κ1) is 13.5. The maximum atomic E-state index is 4.73. The summed E-state index contributed by atoms with van der Waals surface area (Å²) in [4.78, 5) is 4.73. The van der Waals surface area contributed by atoms with Crippen molar-refractivity contribution in [3.8, 4) is 0 Å². The van der Waals surface area contributed by atoms with Crippen LogP contribution < -0.4 is 0 Å². The second kappa shape index (κ2) is 6.33. The van der Waals surface area contributed by atoms with Crippen LogP contribution in [0.15, 0.2) is 65.2 Å². The summed E-state index contributed by atoms with van der Waals surface area (Å²) in [6, 6.07) is 10.7. The van der Waals surface area contributed by atoms with Crippen LogP contribution in [0.3, 0.4) is 0 Å². The molecule has 0 amide bonds. The molecule has 19 heavy (non-hydrogen) atoms. The van der Waals surface area contributed by atoms with Crippen LogP contribution in [0, 0.1) is 0 Å². The van der Waals surface area contributed by atoms with Crippen molar-refractivity contribution in [3.05, 3.63) is 65.8 Å². The minimum absolute atomic E-state index is 0.249. The molecule has 1 heteroatoms. The Bertz CT molecular complexity index is 544. The van der Waals surface area contributed by atoms with Crippen LogP contribution in [0.2, 0.25) is 0 Å². The Balaban J connectivity index is 2.18. The van der Waals surface area contributed by atoms with E-state index in [0.29, 0.717) is 0 Å². The molecule has 0 bridgehead atoms. The van der Waals surface area contributed by atoms with Crippen LogP contribution in [-0.2, 0) is 0 Å². The largest absolute Gasteiger partial charge is 0.282 e. The molecule has 1 aliphatic carbocycles. The van der Waals surface area contributed by atoms with E-state index in [1.165, 1.54) is 16.7 Å². The van der Waals surface area contributed by atoms with Gasteiger partial charge in [-0.3, -0.25) is 4.99 Å². The van der Waals surface area contributed by atoms with Crippen LogP contribution in [0.5, 0.6) is 0 Å². The van der Waals surface area contributed by atoms with Crippen molar-refractivity contribution in [1.29, 1.82) is 0 Å². The number of nitrogens with zero attached hydrogens (tertiary/aromatic N) is 1. The van der Waals surface area contributed by atoms with E-state index in [9.17, 15) is 0 Å². The lowest BCUT2D eigenvalue weighted by atomic mass is 9.89. The standard InChI is InChI=1S/C18H21N/c1-4-5-9-14(2)19-15(3)17-12-13-18(17)16-10-7-6-8-11-16/h5-14H,4H2,1-3H3. The first-order valence-corrected chi connectivity index (χ1v) is 6.91. The molecule has 0 saturated carbocycles. The van der Waals surface area contributed by atoms with Gasteiger partial charge in [0.15, 0.2) is 0 Å². The molecule has 0 heterocycles. The van der Waals surface area contributed by atoms with Crippen molar-refractivity contribution in [2.45, 2.75) is 33.2 Å². The van der Waals surface area contributed by atoms with Crippen LogP contribution in [0.4, 0.5) is 0 Å². The minimum atomic E-state index is 0.249. The molecule has 98 valence electrons. The lowest BCUT2D eigenvalue weighted by Gasteiger charge is -2.17. The van der Waals surface area contributed by atoms with Crippen LogP contribution in [0.1, 0.15) is 32.8 Å². The van der Waals surface area contributed by atoms with E-state index in [2.05, 4.69) is 69.3 Å². The number of hydrogen-bond donors (Lipinski definition) is 0. The highest BCUT2D eigenvalue weighted by molar-refractivity contribution is 6.12. The SMILES string of the molecule is CCC=CC(C)N=C(C)C1=C(c2ccccc2)C=C1. The highest BCUT2D eigenvalue weighted by Gasteiger charge is 2.14. The molecule has 1 atom stereocenters. The van der Waals surface area contributed by atoms with Crippen molar-refractivity contribution < 1.29 is 0 Å². The number of rotatable bonds is 5. The monoisotopic (exact) mass is 251 g/mol. The third-order valence-corrected chi connectivity index (χ3v) is 3.23. The zero-order valence-electron chi connectivity index (χ0n) is 11.9. The van der Waals surface area contributed by atoms with Crippen LogP contribution in [0.25, 0.3) is 5.57 Å². The fourth-order valence-corrected chi connectivity index (χ4v) is 2.19. The Morgan fingerprint density at radius 1 is 1.21 bits per heavy atom. The van der Waals surface area contributed by atoms with Gasteiger partial charge in [-0.15, -0.1) is 0 Å². The predicted octanol–water partition coefficient (Wildman–Crippen LogP) is 4.83. The van der Waals surface area contributed by atoms with Gasteiger partial charge in [-0.2, -0.15) is 0 Å². The molecule has 1 aromatic carbocycles. The molecule has 0 fully saturated rings. The van der Waals surface area contributed by atoms with E-state index < -0.39 is 0 Å². The number of hydrogen-bond acceptors (Lipinski definition) is 1. The van der Waals surface area contributed by atoms with Crippen molar-refractivity contribution >= 4 is 11.3 Å². The zero-order chi connectivity index (χ0) is 13.7. The zero-order valence-corrected chi connectivity index (χ0v) is 11.9. The van der Waals surface area contributed by atoms with Crippen molar-refractivity contribution in [2.24, 2.45) is 4.99 Å². The lowest BCUT2D eigenvalue weighted by molar-refractivity contribution is 0.917. The Kier molecular flexibility index (Phi) is 4.51. The van der Waals surface area contributed by atoms with Gasteiger partial charge in [0.05, 0.1) is 6.04 Å². The molecule has 0 radical (unpaired) electrons. The predicted molar refractivity (Wildman–Crippen MR) is 84.5 cm³/mol. The molecular formula is C18H21N. The summed E-state index contributed by atoms with van der Waals surface area (Å²) in [6.45, 7) is 6.36. The smallest absolute Gasteiger partial charge is 0.0655 e. The second-order valence-electron chi connectivity index (χ2n) is 4.82. The number of allylic oxidation sites excluding steroid dienone is 5. The van der Waals surface area contributed by atoms with E-state index in [-0.39, 0.29) is 6.04 Å². The Labute approximate surface area is 116 Å². The fourth-order valence-electron chi connectivity index (χ4n) is 2.19. The van der Waals surface area contributed by atoms with Gasteiger partial charge in [0.2, 0.25) is 0 Å². The first-order valence-electron chi connectivity index (χ1n) is 6.91. The highest BCUT2D eigenvalue weighted by atomic mass is 14.8. The summed E-state index contributed by atoms with van der Waals surface area (Å²) in [5.74, 6) is 0. The molecule has 2 rings (SSSR count). The van der Waals surface area contributed by atoms with E-state index in [4.69, 9.17) is 4.99 Å². The average Bonchev–Trinajstić information content (AvgIpc) is 2.36. The molecule has 0 N–H and O–H groups in total. The summed E-state index contributed by atoms with van der Waals surface area (Å²) >= 11 is 0. The number of aliphatic imine (C=N–C) groups is 1. The first-order chi connectivity index (χ1) is 9.22. The van der Waals surface area contributed by atoms with Crippen molar-refractivity contribution in [3.63, 3.8) is 0 Å². The highest BCUT2D eigenvalue weighted by Crippen LogP contribution is 2.29.